The second-order valence-corrected chi connectivity index (χ2v) is 8.51. The Hall–Kier alpha value is -1.62. The van der Waals surface area contributed by atoms with Crippen LogP contribution in [0.4, 0.5) is 0 Å². The Bertz CT molecular complexity index is 452. The van der Waals surface area contributed by atoms with Crippen molar-refractivity contribution in [2.45, 2.75) is 38.4 Å². The lowest BCUT2D eigenvalue weighted by atomic mass is 9.82. The fourth-order valence-corrected chi connectivity index (χ4v) is 4.24. The topological polar surface area (TPSA) is 52.6 Å². The maximum absolute atomic E-state index is 12.6. The number of hydrogen-bond donors (Lipinski definition) is 0. The minimum absolute atomic E-state index is 0.243. The molecule has 0 atom stereocenters. The molecule has 4 nitrogen and oxygen atoms in total. The Morgan fingerprint density at radius 1 is 1.00 bits per heavy atom. The third-order valence-electron chi connectivity index (χ3n) is 3.23. The van der Waals surface area contributed by atoms with Gasteiger partial charge in [0, 0.05) is 8.80 Å². The van der Waals surface area contributed by atoms with Gasteiger partial charge in [-0.15, -0.1) is 0 Å². The molecule has 0 fully saturated rings. The van der Waals surface area contributed by atoms with Crippen molar-refractivity contribution in [3.8, 4) is 0 Å². The van der Waals surface area contributed by atoms with Crippen LogP contribution >= 0.6 is 0 Å². The molecule has 0 radical (unpaired) electrons. The van der Waals surface area contributed by atoms with Gasteiger partial charge in [0.25, 0.3) is 0 Å². The van der Waals surface area contributed by atoms with Gasteiger partial charge in [0.2, 0.25) is 0 Å². The molecule has 0 heterocycles. The van der Waals surface area contributed by atoms with Crippen molar-refractivity contribution in [3.63, 3.8) is 0 Å². The molecule has 1 aromatic rings. The van der Waals surface area contributed by atoms with Crippen LogP contribution in [-0.4, -0.2) is 33.9 Å². The molecule has 0 saturated carbocycles. The van der Waals surface area contributed by atoms with Gasteiger partial charge in [0.05, 0.1) is 13.2 Å². The van der Waals surface area contributed by atoms with Crippen LogP contribution in [0.15, 0.2) is 30.3 Å². The Labute approximate surface area is 128 Å². The zero-order chi connectivity index (χ0) is 15.9. The number of carbonyl (C=O) groups excluding carboxylic acids is 2. The van der Waals surface area contributed by atoms with E-state index in [0.717, 1.165) is 0 Å². The summed E-state index contributed by atoms with van der Waals surface area (Å²) in [6, 6.07) is 9.59. The molecule has 0 unspecified atom stereocenters. The van der Waals surface area contributed by atoms with E-state index in [1.165, 1.54) is 0 Å². The average molecular weight is 308 g/mol. The van der Waals surface area contributed by atoms with E-state index >= 15 is 0 Å². The molecule has 0 bridgehead atoms. The van der Waals surface area contributed by atoms with E-state index in [0.29, 0.717) is 11.6 Å². The fourth-order valence-electron chi connectivity index (χ4n) is 2.45. The Morgan fingerprint density at radius 3 is 1.86 bits per heavy atom. The van der Waals surface area contributed by atoms with Crippen LogP contribution < -0.4 is 0 Å². The van der Waals surface area contributed by atoms with Crippen molar-refractivity contribution >= 4 is 20.7 Å². The first-order valence-electron chi connectivity index (χ1n) is 7.39. The molecule has 0 aliphatic rings. The van der Waals surface area contributed by atoms with E-state index in [-0.39, 0.29) is 13.2 Å². The summed E-state index contributed by atoms with van der Waals surface area (Å²) in [5, 5.41) is 0. The number of esters is 2. The van der Waals surface area contributed by atoms with E-state index in [4.69, 9.17) is 9.47 Å². The van der Waals surface area contributed by atoms with Crippen LogP contribution in [0.5, 0.6) is 0 Å². The van der Waals surface area contributed by atoms with Crippen molar-refractivity contribution in [2.24, 2.45) is 0 Å². The molecule has 0 spiro atoms. The molecular formula is C16H24O4Si. The molecule has 0 aromatic heterocycles. The monoisotopic (exact) mass is 308 g/mol. The van der Waals surface area contributed by atoms with Gasteiger partial charge in [0.1, 0.15) is 0 Å². The molecule has 0 aliphatic carbocycles. The maximum atomic E-state index is 12.6. The van der Waals surface area contributed by atoms with E-state index in [9.17, 15) is 9.59 Å². The molecule has 0 amide bonds. The first-order chi connectivity index (χ1) is 9.98. The van der Waals surface area contributed by atoms with Crippen LogP contribution in [0.25, 0.3) is 0 Å². The summed E-state index contributed by atoms with van der Waals surface area (Å²) in [6.07, 6.45) is 0. The number of hydrogen-bond acceptors (Lipinski definition) is 4. The molecule has 0 N–H and O–H groups in total. The predicted molar refractivity (Wildman–Crippen MR) is 85.1 cm³/mol. The number of benzene rings is 1. The highest BCUT2D eigenvalue weighted by atomic mass is 28.3. The summed E-state index contributed by atoms with van der Waals surface area (Å²) in [4.78, 5) is 25.2. The molecule has 1 aromatic carbocycles. The zero-order valence-corrected chi connectivity index (χ0v) is 14.4. The van der Waals surface area contributed by atoms with Crippen LogP contribution in [-0.2, 0) is 24.5 Å². The minimum Gasteiger partial charge on any atom is -0.465 e. The highest BCUT2D eigenvalue weighted by Gasteiger charge is 2.50. The summed E-state index contributed by atoms with van der Waals surface area (Å²) < 4.78 is 10.4. The number of carbonyl (C=O) groups is 2. The quantitative estimate of drug-likeness (QED) is 0.441. The van der Waals surface area contributed by atoms with Crippen molar-refractivity contribution in [1.29, 1.82) is 0 Å². The largest absolute Gasteiger partial charge is 0.465 e. The molecule has 1 rings (SSSR count). The maximum Gasteiger partial charge on any atom is 0.327 e. The lowest BCUT2D eigenvalue weighted by Gasteiger charge is -2.30. The van der Waals surface area contributed by atoms with Crippen LogP contribution in [0, 0.1) is 0 Å². The summed E-state index contributed by atoms with van der Waals surface area (Å²) in [7, 11) is -1.23. The molecule has 0 saturated heterocycles. The third kappa shape index (κ3) is 3.94. The van der Waals surface area contributed by atoms with E-state index in [1.54, 1.807) is 26.0 Å². The summed E-state index contributed by atoms with van der Waals surface area (Å²) >= 11 is 0. The van der Waals surface area contributed by atoms with Crippen molar-refractivity contribution in [1.82, 2.24) is 0 Å². The van der Waals surface area contributed by atoms with Crippen LogP contribution in [0.1, 0.15) is 19.4 Å². The Balaban J connectivity index is 3.40. The smallest absolute Gasteiger partial charge is 0.327 e. The zero-order valence-electron chi connectivity index (χ0n) is 13.2. The second kappa shape index (κ2) is 7.98. The molecule has 21 heavy (non-hydrogen) atoms. The van der Waals surface area contributed by atoms with Gasteiger partial charge in [-0.25, -0.2) is 0 Å². The molecule has 5 heteroatoms. The summed E-state index contributed by atoms with van der Waals surface area (Å²) in [5.74, 6) is -1.01. The highest BCUT2D eigenvalue weighted by Crippen LogP contribution is 2.33. The van der Waals surface area contributed by atoms with Crippen LogP contribution in [0.2, 0.25) is 19.1 Å². The fraction of sp³-hybridized carbons (Fsp3) is 0.500. The van der Waals surface area contributed by atoms with Crippen molar-refractivity contribution < 1.29 is 19.1 Å². The molecule has 0 aliphatic heterocycles. The van der Waals surface area contributed by atoms with Crippen molar-refractivity contribution in [3.05, 3.63) is 35.9 Å². The van der Waals surface area contributed by atoms with Crippen LogP contribution in [0.3, 0.4) is 0 Å². The SMILES string of the molecule is CCOC(=O)C(C[SiH](C)C)(C(=O)OCC)c1ccccc1. The lowest BCUT2D eigenvalue weighted by molar-refractivity contribution is -0.163. The van der Waals surface area contributed by atoms with Gasteiger partial charge >= 0.3 is 11.9 Å². The second-order valence-electron chi connectivity index (χ2n) is 5.31. The van der Waals surface area contributed by atoms with Gasteiger partial charge in [-0.05, 0) is 25.5 Å². The predicted octanol–water partition coefficient (Wildman–Crippen LogP) is 2.54. The van der Waals surface area contributed by atoms with E-state index in [2.05, 4.69) is 13.1 Å². The average Bonchev–Trinajstić information content (AvgIpc) is 2.45. The first kappa shape index (κ1) is 17.4. The first-order valence-corrected chi connectivity index (χ1v) is 10.5. The standard InChI is InChI=1S/C16H24O4Si/c1-5-19-14(17)16(12-21(3)4,15(18)20-6-2)13-10-8-7-9-11-13/h7-11,21H,5-6,12H2,1-4H3. The third-order valence-corrected chi connectivity index (χ3v) is 4.66. The van der Waals surface area contributed by atoms with E-state index < -0.39 is 26.2 Å². The van der Waals surface area contributed by atoms with Crippen molar-refractivity contribution in [2.75, 3.05) is 13.2 Å². The molecule has 116 valence electrons. The normalized spacial score (nSPS) is 11.3. The Kier molecular flexibility index (Phi) is 6.62. The van der Waals surface area contributed by atoms with E-state index in [1.807, 2.05) is 18.2 Å². The van der Waals surface area contributed by atoms with Gasteiger partial charge in [-0.2, -0.15) is 0 Å². The van der Waals surface area contributed by atoms with Gasteiger partial charge in [-0.1, -0.05) is 43.4 Å². The highest BCUT2D eigenvalue weighted by molar-refractivity contribution is 6.57. The van der Waals surface area contributed by atoms with Gasteiger partial charge < -0.3 is 9.47 Å². The Morgan fingerprint density at radius 2 is 1.48 bits per heavy atom. The molecular weight excluding hydrogens is 284 g/mol. The summed E-state index contributed by atoms with van der Waals surface area (Å²) in [6.45, 7) is 8.18. The number of rotatable bonds is 7. The minimum atomic E-state index is -1.33. The van der Waals surface area contributed by atoms with Gasteiger partial charge in [0.15, 0.2) is 5.41 Å². The number of ether oxygens (including phenoxy) is 2. The lowest BCUT2D eigenvalue weighted by Crippen LogP contribution is -2.48. The summed E-state index contributed by atoms with van der Waals surface area (Å²) in [5.41, 5.74) is -0.670. The van der Waals surface area contributed by atoms with Gasteiger partial charge in [-0.3, -0.25) is 9.59 Å².